The summed E-state index contributed by atoms with van der Waals surface area (Å²) >= 11 is 1.85. The number of nitrogens with zero attached hydrogens (tertiary/aromatic N) is 1. The Morgan fingerprint density at radius 2 is 1.94 bits per heavy atom. The summed E-state index contributed by atoms with van der Waals surface area (Å²) < 4.78 is 0. The highest BCUT2D eigenvalue weighted by Crippen LogP contribution is 2.27. The van der Waals surface area contributed by atoms with Crippen molar-refractivity contribution in [2.75, 3.05) is 24.3 Å². The first-order chi connectivity index (χ1) is 8.56. The Morgan fingerprint density at radius 1 is 1.17 bits per heavy atom. The molecular weight excluding hydrogens is 240 g/mol. The molecule has 2 aromatic rings. The Labute approximate surface area is 113 Å². The van der Waals surface area contributed by atoms with E-state index in [-0.39, 0.29) is 0 Å². The fraction of sp³-hybridized carbons (Fsp3) is 0.333. The van der Waals surface area contributed by atoms with Crippen molar-refractivity contribution in [2.24, 2.45) is 0 Å². The maximum absolute atomic E-state index is 3.55. The number of thiophene rings is 1. The van der Waals surface area contributed by atoms with Crippen LogP contribution in [0, 0.1) is 6.92 Å². The highest BCUT2D eigenvalue weighted by molar-refractivity contribution is 7.12. The molecule has 1 unspecified atom stereocenters. The van der Waals surface area contributed by atoms with E-state index in [1.54, 1.807) is 0 Å². The minimum Gasteiger partial charge on any atom is -0.378 e. The normalized spacial score (nSPS) is 12.2. The van der Waals surface area contributed by atoms with Gasteiger partial charge in [-0.15, -0.1) is 11.3 Å². The second-order valence-corrected chi connectivity index (χ2v) is 6.08. The van der Waals surface area contributed by atoms with Crippen molar-refractivity contribution in [1.82, 2.24) is 0 Å². The number of rotatable bonds is 4. The maximum Gasteiger partial charge on any atom is 0.0578 e. The van der Waals surface area contributed by atoms with E-state index in [9.17, 15) is 0 Å². The van der Waals surface area contributed by atoms with Crippen LogP contribution in [-0.4, -0.2) is 14.1 Å². The van der Waals surface area contributed by atoms with Crippen LogP contribution in [0.25, 0.3) is 0 Å². The van der Waals surface area contributed by atoms with E-state index in [1.165, 1.54) is 21.1 Å². The summed E-state index contributed by atoms with van der Waals surface area (Å²) in [4.78, 5) is 4.86. The van der Waals surface area contributed by atoms with Crippen molar-refractivity contribution in [3.05, 3.63) is 46.2 Å². The quantitative estimate of drug-likeness (QED) is 0.882. The van der Waals surface area contributed by atoms with E-state index < -0.39 is 0 Å². The second kappa shape index (κ2) is 5.44. The molecule has 1 N–H and O–H groups in total. The minimum atomic E-state index is 0.348. The van der Waals surface area contributed by atoms with Gasteiger partial charge in [0.05, 0.1) is 6.04 Å². The molecule has 2 rings (SSSR count). The van der Waals surface area contributed by atoms with Crippen LogP contribution in [0.5, 0.6) is 0 Å². The Kier molecular flexibility index (Phi) is 3.92. The van der Waals surface area contributed by atoms with Gasteiger partial charge in [0, 0.05) is 35.2 Å². The van der Waals surface area contributed by atoms with Gasteiger partial charge in [0.1, 0.15) is 0 Å². The topological polar surface area (TPSA) is 15.3 Å². The highest BCUT2D eigenvalue weighted by Gasteiger charge is 2.07. The van der Waals surface area contributed by atoms with Gasteiger partial charge >= 0.3 is 0 Å². The molecular formula is C15H20N2S. The smallest absolute Gasteiger partial charge is 0.0578 e. The average molecular weight is 260 g/mol. The Morgan fingerprint density at radius 3 is 2.56 bits per heavy atom. The molecule has 0 aliphatic heterocycles. The molecule has 0 spiro atoms. The third-order valence-electron chi connectivity index (χ3n) is 2.93. The molecule has 1 aromatic heterocycles. The molecule has 0 amide bonds. The van der Waals surface area contributed by atoms with Crippen LogP contribution in [0.2, 0.25) is 0 Å². The first-order valence-electron chi connectivity index (χ1n) is 6.16. The minimum absolute atomic E-state index is 0.348. The van der Waals surface area contributed by atoms with Gasteiger partial charge < -0.3 is 10.2 Å². The molecule has 0 radical (unpaired) electrons. The van der Waals surface area contributed by atoms with Gasteiger partial charge in [-0.05, 0) is 44.2 Å². The number of benzene rings is 1. The van der Waals surface area contributed by atoms with E-state index in [1.807, 2.05) is 11.3 Å². The molecule has 96 valence electrons. The number of hydrogen-bond acceptors (Lipinski definition) is 3. The number of hydrogen-bond donors (Lipinski definition) is 1. The first kappa shape index (κ1) is 13.0. The van der Waals surface area contributed by atoms with Crippen LogP contribution in [0.3, 0.4) is 0 Å². The second-order valence-electron chi connectivity index (χ2n) is 4.76. The van der Waals surface area contributed by atoms with Crippen LogP contribution in [-0.2, 0) is 0 Å². The summed E-state index contributed by atoms with van der Waals surface area (Å²) in [5, 5.41) is 3.55. The molecule has 2 nitrogen and oxygen atoms in total. The predicted octanol–water partition coefficient (Wildman–Crippen LogP) is 4.30. The molecule has 0 fully saturated rings. The summed E-state index contributed by atoms with van der Waals surface area (Å²) in [5.41, 5.74) is 2.38. The largest absolute Gasteiger partial charge is 0.378 e. The van der Waals surface area contributed by atoms with Crippen LogP contribution >= 0.6 is 11.3 Å². The van der Waals surface area contributed by atoms with Crippen molar-refractivity contribution in [1.29, 1.82) is 0 Å². The van der Waals surface area contributed by atoms with E-state index >= 15 is 0 Å². The van der Waals surface area contributed by atoms with E-state index in [4.69, 9.17) is 0 Å². The van der Waals surface area contributed by atoms with Gasteiger partial charge in [0.15, 0.2) is 0 Å². The molecule has 0 aliphatic carbocycles. The SMILES string of the molecule is Cc1ccc(C(C)Nc2cccc(N(C)C)c2)s1. The molecule has 1 aromatic carbocycles. The first-order valence-corrected chi connectivity index (χ1v) is 6.98. The van der Waals surface area contributed by atoms with E-state index in [0.717, 1.165) is 0 Å². The third kappa shape index (κ3) is 3.05. The summed E-state index contributed by atoms with van der Waals surface area (Å²) in [7, 11) is 4.12. The van der Waals surface area contributed by atoms with Crippen molar-refractivity contribution < 1.29 is 0 Å². The van der Waals surface area contributed by atoms with Crippen molar-refractivity contribution in [3.63, 3.8) is 0 Å². The molecule has 0 saturated heterocycles. The summed E-state index contributed by atoms with van der Waals surface area (Å²) in [6.07, 6.45) is 0. The van der Waals surface area contributed by atoms with Crippen LogP contribution in [0.1, 0.15) is 22.7 Å². The molecule has 3 heteroatoms. The zero-order valence-corrected chi connectivity index (χ0v) is 12.2. The maximum atomic E-state index is 3.55. The molecule has 0 saturated carbocycles. The Balaban J connectivity index is 2.11. The van der Waals surface area contributed by atoms with Crippen LogP contribution < -0.4 is 10.2 Å². The lowest BCUT2D eigenvalue weighted by Crippen LogP contribution is -2.10. The fourth-order valence-corrected chi connectivity index (χ4v) is 2.76. The van der Waals surface area contributed by atoms with Crippen LogP contribution in [0.15, 0.2) is 36.4 Å². The summed E-state index contributed by atoms with van der Waals surface area (Å²) in [6, 6.07) is 13.2. The predicted molar refractivity (Wildman–Crippen MR) is 81.9 cm³/mol. The zero-order chi connectivity index (χ0) is 13.1. The van der Waals surface area contributed by atoms with Gasteiger partial charge in [-0.25, -0.2) is 0 Å². The van der Waals surface area contributed by atoms with Gasteiger partial charge in [0.25, 0.3) is 0 Å². The molecule has 0 bridgehead atoms. The monoisotopic (exact) mass is 260 g/mol. The lowest BCUT2D eigenvalue weighted by molar-refractivity contribution is 0.908. The lowest BCUT2D eigenvalue weighted by Gasteiger charge is -2.17. The zero-order valence-electron chi connectivity index (χ0n) is 11.4. The average Bonchev–Trinajstić information content (AvgIpc) is 2.76. The van der Waals surface area contributed by atoms with Gasteiger partial charge in [-0.3, -0.25) is 0 Å². The standard InChI is InChI=1S/C15H20N2S/c1-11-8-9-15(18-11)12(2)16-13-6-5-7-14(10-13)17(3)4/h5-10,12,16H,1-4H3. The van der Waals surface area contributed by atoms with Gasteiger partial charge in [0.2, 0.25) is 0 Å². The Bertz CT molecular complexity index is 517. The third-order valence-corrected chi connectivity index (χ3v) is 4.12. The summed E-state index contributed by atoms with van der Waals surface area (Å²) in [5.74, 6) is 0. The highest BCUT2D eigenvalue weighted by atomic mass is 32.1. The van der Waals surface area contributed by atoms with Gasteiger partial charge in [-0.1, -0.05) is 6.07 Å². The van der Waals surface area contributed by atoms with Crippen molar-refractivity contribution >= 4 is 22.7 Å². The van der Waals surface area contributed by atoms with Crippen molar-refractivity contribution in [3.8, 4) is 0 Å². The number of aryl methyl sites for hydroxylation is 1. The molecule has 1 heterocycles. The number of anilines is 2. The van der Waals surface area contributed by atoms with Crippen molar-refractivity contribution in [2.45, 2.75) is 19.9 Å². The Hall–Kier alpha value is -1.48. The molecule has 18 heavy (non-hydrogen) atoms. The lowest BCUT2D eigenvalue weighted by atomic mass is 10.2. The van der Waals surface area contributed by atoms with E-state index in [2.05, 4.69) is 74.6 Å². The summed E-state index contributed by atoms with van der Waals surface area (Å²) in [6.45, 7) is 4.35. The van der Waals surface area contributed by atoms with E-state index in [0.29, 0.717) is 6.04 Å². The van der Waals surface area contributed by atoms with Gasteiger partial charge in [-0.2, -0.15) is 0 Å². The number of nitrogens with one attached hydrogen (secondary N) is 1. The molecule has 0 aliphatic rings. The van der Waals surface area contributed by atoms with Crippen LogP contribution in [0.4, 0.5) is 11.4 Å². The fourth-order valence-electron chi connectivity index (χ4n) is 1.88. The molecule has 1 atom stereocenters.